The van der Waals surface area contributed by atoms with E-state index >= 15 is 0 Å². The predicted molar refractivity (Wildman–Crippen MR) is 59.3 cm³/mol. The third-order valence-electron chi connectivity index (χ3n) is 2.34. The normalized spacial score (nSPS) is 25.5. The van der Waals surface area contributed by atoms with Gasteiger partial charge in [-0.25, -0.2) is 21.6 Å². The average Bonchev–Trinajstić information content (AvgIpc) is 2.41. The second-order valence-corrected chi connectivity index (χ2v) is 8.19. The number of sulfonamides is 1. The molecule has 0 radical (unpaired) electrons. The Balaban J connectivity index is 2.51. The van der Waals surface area contributed by atoms with Crippen LogP contribution in [-0.4, -0.2) is 46.0 Å². The van der Waals surface area contributed by atoms with E-state index in [1.165, 1.54) is 0 Å². The molecule has 1 heterocycles. The number of hydrogen-bond donors (Lipinski definition) is 1. The van der Waals surface area contributed by atoms with Crippen molar-refractivity contribution in [1.29, 1.82) is 0 Å². The van der Waals surface area contributed by atoms with Gasteiger partial charge >= 0.3 is 0 Å². The van der Waals surface area contributed by atoms with Crippen molar-refractivity contribution in [3.8, 4) is 0 Å². The van der Waals surface area contributed by atoms with Gasteiger partial charge in [0.2, 0.25) is 10.0 Å². The molecule has 0 amide bonds. The highest BCUT2D eigenvalue weighted by molar-refractivity contribution is 7.92. The zero-order valence-corrected chi connectivity index (χ0v) is 10.5. The van der Waals surface area contributed by atoms with Crippen molar-refractivity contribution in [3.63, 3.8) is 0 Å². The van der Waals surface area contributed by atoms with Gasteiger partial charge in [0.15, 0.2) is 9.84 Å². The lowest BCUT2D eigenvalue weighted by molar-refractivity contribution is 0.572. The van der Waals surface area contributed by atoms with Crippen LogP contribution < -0.4 is 4.72 Å². The fourth-order valence-electron chi connectivity index (χ4n) is 1.48. The highest BCUT2D eigenvalue weighted by Gasteiger charge is 2.31. The van der Waals surface area contributed by atoms with E-state index in [1.807, 2.05) is 0 Å². The van der Waals surface area contributed by atoms with E-state index in [4.69, 9.17) is 11.6 Å². The number of alkyl halides is 1. The first-order chi connectivity index (χ1) is 6.87. The van der Waals surface area contributed by atoms with Crippen LogP contribution in [0, 0.1) is 0 Å². The van der Waals surface area contributed by atoms with E-state index in [9.17, 15) is 16.8 Å². The number of sulfone groups is 1. The van der Waals surface area contributed by atoms with Gasteiger partial charge in [-0.1, -0.05) is 0 Å². The van der Waals surface area contributed by atoms with Crippen molar-refractivity contribution in [2.45, 2.75) is 18.1 Å². The summed E-state index contributed by atoms with van der Waals surface area (Å²) in [5, 5.41) is -0.567. The molecule has 0 aromatic rings. The number of rotatable bonds is 5. The highest BCUT2D eigenvalue weighted by Crippen LogP contribution is 2.19. The van der Waals surface area contributed by atoms with Crippen molar-refractivity contribution >= 4 is 31.5 Å². The van der Waals surface area contributed by atoms with Gasteiger partial charge in [0.1, 0.15) is 0 Å². The Morgan fingerprint density at radius 3 is 2.53 bits per heavy atom. The van der Waals surface area contributed by atoms with Crippen LogP contribution in [0.25, 0.3) is 0 Å². The van der Waals surface area contributed by atoms with E-state index in [2.05, 4.69) is 4.72 Å². The number of hydrogen-bond acceptors (Lipinski definition) is 4. The summed E-state index contributed by atoms with van der Waals surface area (Å²) in [6, 6.07) is 0. The molecule has 1 saturated heterocycles. The third-order valence-corrected chi connectivity index (χ3v) is 6.38. The maximum absolute atomic E-state index is 11.4. The zero-order chi connectivity index (χ0) is 11.5. The molecule has 90 valence electrons. The van der Waals surface area contributed by atoms with E-state index in [0.717, 1.165) is 0 Å². The molecule has 0 aromatic heterocycles. The minimum absolute atomic E-state index is 0.00670. The Bertz CT molecular complexity index is 403. The van der Waals surface area contributed by atoms with Crippen molar-refractivity contribution in [2.24, 2.45) is 0 Å². The van der Waals surface area contributed by atoms with Crippen molar-refractivity contribution in [2.75, 3.05) is 23.9 Å². The Morgan fingerprint density at radius 1 is 1.40 bits per heavy atom. The molecule has 1 aliphatic rings. The smallest absolute Gasteiger partial charge is 0.212 e. The van der Waals surface area contributed by atoms with Gasteiger partial charge in [-0.05, 0) is 12.8 Å². The molecule has 1 unspecified atom stereocenters. The minimum Gasteiger partial charge on any atom is -0.229 e. The van der Waals surface area contributed by atoms with Crippen LogP contribution in [0.3, 0.4) is 0 Å². The molecule has 15 heavy (non-hydrogen) atoms. The lowest BCUT2D eigenvalue weighted by Gasteiger charge is -2.10. The Kier molecular flexibility index (Phi) is 4.39. The van der Waals surface area contributed by atoms with E-state index in [1.54, 1.807) is 0 Å². The SMILES string of the molecule is O=S(=O)(CCCl)NCC1CCCS1(=O)=O. The van der Waals surface area contributed by atoms with Gasteiger partial charge in [0.25, 0.3) is 0 Å². The fourth-order valence-corrected chi connectivity index (χ4v) is 4.76. The fraction of sp³-hybridized carbons (Fsp3) is 1.00. The van der Waals surface area contributed by atoms with Gasteiger partial charge in [-0.3, -0.25) is 0 Å². The summed E-state index contributed by atoms with van der Waals surface area (Å²) in [6.45, 7) is -0.0262. The molecule has 0 saturated carbocycles. The molecule has 1 rings (SSSR count). The summed E-state index contributed by atoms with van der Waals surface area (Å²) in [6.07, 6.45) is 1.15. The summed E-state index contributed by atoms with van der Waals surface area (Å²) in [5.74, 6) is -0.0109. The summed E-state index contributed by atoms with van der Waals surface area (Å²) < 4.78 is 47.4. The lowest BCUT2D eigenvalue weighted by atomic mass is 10.2. The van der Waals surface area contributed by atoms with Crippen LogP contribution in [0.5, 0.6) is 0 Å². The quantitative estimate of drug-likeness (QED) is 0.700. The predicted octanol–water partition coefficient (Wildman–Crippen LogP) is -0.278. The molecule has 1 atom stereocenters. The Morgan fingerprint density at radius 2 is 2.07 bits per heavy atom. The van der Waals surface area contributed by atoms with Gasteiger partial charge < -0.3 is 0 Å². The molecule has 0 bridgehead atoms. The van der Waals surface area contributed by atoms with E-state index in [-0.39, 0.29) is 23.9 Å². The molecule has 1 fully saturated rings. The molecule has 0 aromatic carbocycles. The van der Waals surface area contributed by atoms with Crippen molar-refractivity contribution in [1.82, 2.24) is 4.72 Å². The minimum atomic E-state index is -3.42. The van der Waals surface area contributed by atoms with Crippen LogP contribution in [0.4, 0.5) is 0 Å². The van der Waals surface area contributed by atoms with Crippen LogP contribution >= 0.6 is 11.6 Å². The number of halogens is 1. The molecular weight excluding hydrogens is 262 g/mol. The van der Waals surface area contributed by atoms with Gasteiger partial charge in [-0.15, -0.1) is 11.6 Å². The van der Waals surface area contributed by atoms with E-state index in [0.29, 0.717) is 12.8 Å². The van der Waals surface area contributed by atoms with Crippen LogP contribution in [-0.2, 0) is 19.9 Å². The molecule has 5 nitrogen and oxygen atoms in total. The summed E-state index contributed by atoms with van der Waals surface area (Å²) in [7, 11) is -6.50. The first-order valence-corrected chi connectivity index (χ1v) is 8.52. The second-order valence-electron chi connectivity index (χ2n) is 3.49. The molecule has 1 N–H and O–H groups in total. The van der Waals surface area contributed by atoms with Crippen molar-refractivity contribution < 1.29 is 16.8 Å². The lowest BCUT2D eigenvalue weighted by Crippen LogP contribution is -2.36. The van der Waals surface area contributed by atoms with Gasteiger partial charge in [0, 0.05) is 12.4 Å². The standard InChI is InChI=1S/C7H14ClNO4S2/c8-3-5-15(12,13)9-6-7-2-1-4-14(7,10)11/h7,9H,1-6H2. The Hall–Kier alpha value is 0.150. The largest absolute Gasteiger partial charge is 0.229 e. The summed E-state index contributed by atoms with van der Waals surface area (Å²) >= 11 is 5.30. The van der Waals surface area contributed by atoms with Crippen LogP contribution in [0.15, 0.2) is 0 Å². The van der Waals surface area contributed by atoms with Crippen LogP contribution in [0.2, 0.25) is 0 Å². The zero-order valence-electron chi connectivity index (χ0n) is 8.15. The summed E-state index contributed by atoms with van der Waals surface area (Å²) in [5.41, 5.74) is 0. The maximum atomic E-state index is 11.4. The first kappa shape index (κ1) is 13.2. The number of nitrogens with one attached hydrogen (secondary N) is 1. The highest BCUT2D eigenvalue weighted by atomic mass is 35.5. The molecule has 0 spiro atoms. The molecule has 1 aliphatic heterocycles. The topological polar surface area (TPSA) is 80.3 Å². The van der Waals surface area contributed by atoms with Gasteiger partial charge in [0.05, 0.1) is 16.8 Å². The molecular formula is C7H14ClNO4S2. The van der Waals surface area contributed by atoms with Gasteiger partial charge in [-0.2, -0.15) is 0 Å². The first-order valence-electron chi connectivity index (χ1n) is 4.62. The van der Waals surface area contributed by atoms with Crippen molar-refractivity contribution in [3.05, 3.63) is 0 Å². The third kappa shape index (κ3) is 3.90. The average molecular weight is 276 g/mol. The Labute approximate surface area is 95.2 Å². The molecule has 8 heteroatoms. The monoisotopic (exact) mass is 275 g/mol. The second kappa shape index (κ2) is 4.99. The molecule has 0 aliphatic carbocycles. The summed E-state index contributed by atoms with van der Waals surface area (Å²) in [4.78, 5) is 0. The van der Waals surface area contributed by atoms with E-state index < -0.39 is 25.1 Å². The van der Waals surface area contributed by atoms with Crippen LogP contribution in [0.1, 0.15) is 12.8 Å². The maximum Gasteiger partial charge on any atom is 0.212 e.